The highest BCUT2D eigenvalue weighted by Gasteiger charge is 2.24. The van der Waals surface area contributed by atoms with Crippen molar-refractivity contribution in [2.45, 2.75) is 25.8 Å². The minimum atomic E-state index is 0. The molecule has 0 radical (unpaired) electrons. The van der Waals surface area contributed by atoms with Crippen LogP contribution in [0.25, 0.3) is 0 Å². The van der Waals surface area contributed by atoms with E-state index in [-0.39, 0.29) is 35.8 Å². The maximum Gasteiger partial charge on any atom is 0.225 e. The molecule has 0 saturated carbocycles. The first-order chi connectivity index (χ1) is 13.2. The number of halogens is 1. The predicted molar refractivity (Wildman–Crippen MR) is 121 cm³/mol. The SMILES string of the molecule is CCNC(=NCc1ccc(OC)nc1)NCC1CC(=O)Nc2ccccc21.I. The third-order valence-corrected chi connectivity index (χ3v) is 4.39. The number of aromatic nitrogens is 1. The molecule has 0 fully saturated rings. The van der Waals surface area contributed by atoms with Gasteiger partial charge in [0, 0.05) is 43.4 Å². The number of pyridine rings is 1. The van der Waals surface area contributed by atoms with Crippen molar-refractivity contribution in [2.75, 3.05) is 25.5 Å². The molecule has 7 nitrogen and oxygen atoms in total. The fraction of sp³-hybridized carbons (Fsp3) is 0.350. The zero-order chi connectivity index (χ0) is 19.1. The van der Waals surface area contributed by atoms with Gasteiger partial charge in [0.2, 0.25) is 11.8 Å². The van der Waals surface area contributed by atoms with Crippen molar-refractivity contribution in [3.8, 4) is 5.88 Å². The number of hydrogen-bond donors (Lipinski definition) is 3. The molecule has 1 unspecified atom stereocenters. The number of carbonyl (C=O) groups excluding carboxylic acids is 1. The van der Waals surface area contributed by atoms with Crippen LogP contribution in [0.2, 0.25) is 0 Å². The van der Waals surface area contributed by atoms with Crippen LogP contribution >= 0.6 is 24.0 Å². The van der Waals surface area contributed by atoms with E-state index in [4.69, 9.17) is 4.74 Å². The van der Waals surface area contributed by atoms with E-state index in [1.807, 2.05) is 37.3 Å². The molecule has 0 aliphatic carbocycles. The van der Waals surface area contributed by atoms with Crippen LogP contribution < -0.4 is 20.7 Å². The molecule has 1 aromatic heterocycles. The van der Waals surface area contributed by atoms with Gasteiger partial charge in [0.15, 0.2) is 5.96 Å². The summed E-state index contributed by atoms with van der Waals surface area (Å²) in [5.74, 6) is 1.46. The molecule has 1 amide bonds. The Hall–Kier alpha value is -2.36. The van der Waals surface area contributed by atoms with Gasteiger partial charge in [0.1, 0.15) is 0 Å². The summed E-state index contributed by atoms with van der Waals surface area (Å²) in [5, 5.41) is 9.53. The van der Waals surface area contributed by atoms with E-state index in [0.717, 1.165) is 29.3 Å². The van der Waals surface area contributed by atoms with Crippen molar-refractivity contribution in [2.24, 2.45) is 4.99 Å². The molecule has 3 N–H and O–H groups in total. The molecule has 0 spiro atoms. The van der Waals surface area contributed by atoms with E-state index in [9.17, 15) is 4.79 Å². The second kappa shape index (κ2) is 10.8. The summed E-state index contributed by atoms with van der Waals surface area (Å²) in [6.07, 6.45) is 2.22. The zero-order valence-corrected chi connectivity index (χ0v) is 18.4. The summed E-state index contributed by atoms with van der Waals surface area (Å²) in [7, 11) is 1.59. The third kappa shape index (κ3) is 5.82. The molecule has 1 aliphatic rings. The lowest BCUT2D eigenvalue weighted by Gasteiger charge is -2.26. The summed E-state index contributed by atoms with van der Waals surface area (Å²) in [5.41, 5.74) is 3.04. The zero-order valence-electron chi connectivity index (χ0n) is 16.1. The maximum atomic E-state index is 12.0. The lowest BCUT2D eigenvalue weighted by Crippen LogP contribution is -2.40. The second-order valence-electron chi connectivity index (χ2n) is 6.32. The maximum absolute atomic E-state index is 12.0. The molecule has 0 bridgehead atoms. The smallest absolute Gasteiger partial charge is 0.225 e. The number of hydrogen-bond acceptors (Lipinski definition) is 4. The normalized spacial score (nSPS) is 15.7. The summed E-state index contributed by atoms with van der Waals surface area (Å²) >= 11 is 0. The highest BCUT2D eigenvalue weighted by atomic mass is 127. The van der Waals surface area contributed by atoms with Crippen LogP contribution in [-0.4, -0.2) is 37.1 Å². The number of aliphatic imine (C=N–C) groups is 1. The summed E-state index contributed by atoms with van der Waals surface area (Å²) in [4.78, 5) is 20.8. The van der Waals surface area contributed by atoms with Gasteiger partial charge in [-0.1, -0.05) is 24.3 Å². The van der Waals surface area contributed by atoms with E-state index in [1.54, 1.807) is 13.3 Å². The molecule has 8 heteroatoms. The number of rotatable bonds is 6. The molecule has 3 rings (SSSR count). The first-order valence-electron chi connectivity index (χ1n) is 9.09. The molecule has 2 heterocycles. The standard InChI is InChI=1S/C20H25N5O2.HI/c1-3-21-20(23-12-14-8-9-19(27-2)22-11-14)24-13-15-10-18(26)25-17-7-5-4-6-16(15)17;/h4-9,11,15H,3,10,12-13H2,1-2H3,(H,25,26)(H2,21,23,24);1H. The van der Waals surface area contributed by atoms with E-state index in [0.29, 0.717) is 25.4 Å². The van der Waals surface area contributed by atoms with Gasteiger partial charge >= 0.3 is 0 Å². The predicted octanol–water partition coefficient (Wildman–Crippen LogP) is 2.89. The van der Waals surface area contributed by atoms with Gasteiger partial charge in [-0.3, -0.25) is 4.79 Å². The Kier molecular flexibility index (Phi) is 8.49. The minimum Gasteiger partial charge on any atom is -0.481 e. The van der Waals surface area contributed by atoms with Gasteiger partial charge in [-0.05, 0) is 24.1 Å². The number of ether oxygens (including phenoxy) is 1. The average Bonchev–Trinajstić information content (AvgIpc) is 2.70. The van der Waals surface area contributed by atoms with Crippen LogP contribution in [-0.2, 0) is 11.3 Å². The van der Waals surface area contributed by atoms with Crippen molar-refractivity contribution in [1.82, 2.24) is 15.6 Å². The van der Waals surface area contributed by atoms with Crippen molar-refractivity contribution < 1.29 is 9.53 Å². The largest absolute Gasteiger partial charge is 0.481 e. The van der Waals surface area contributed by atoms with E-state index in [1.165, 1.54) is 0 Å². The molecule has 28 heavy (non-hydrogen) atoms. The summed E-state index contributed by atoms with van der Waals surface area (Å²) in [6, 6.07) is 11.7. The molecular formula is C20H26IN5O2. The van der Waals surface area contributed by atoms with Gasteiger partial charge in [0.25, 0.3) is 0 Å². The highest BCUT2D eigenvalue weighted by molar-refractivity contribution is 14.0. The number of carbonyl (C=O) groups is 1. The Balaban J connectivity index is 0.00000280. The highest BCUT2D eigenvalue weighted by Crippen LogP contribution is 2.31. The van der Waals surface area contributed by atoms with Crippen LogP contribution in [0.4, 0.5) is 5.69 Å². The number of fused-ring (bicyclic) bond motifs is 1. The van der Waals surface area contributed by atoms with Crippen molar-refractivity contribution >= 4 is 41.5 Å². The molecule has 1 aliphatic heterocycles. The monoisotopic (exact) mass is 495 g/mol. The lowest BCUT2D eigenvalue weighted by molar-refractivity contribution is -0.116. The quantitative estimate of drug-likeness (QED) is 0.326. The van der Waals surface area contributed by atoms with Crippen LogP contribution in [0.3, 0.4) is 0 Å². The second-order valence-corrected chi connectivity index (χ2v) is 6.32. The number of amides is 1. The van der Waals surface area contributed by atoms with Gasteiger partial charge in [-0.25, -0.2) is 9.98 Å². The molecule has 150 valence electrons. The number of nitrogens with zero attached hydrogens (tertiary/aromatic N) is 2. The Morgan fingerprint density at radius 2 is 2.11 bits per heavy atom. The first-order valence-corrected chi connectivity index (χ1v) is 9.09. The molecule has 0 saturated heterocycles. The van der Waals surface area contributed by atoms with Crippen molar-refractivity contribution in [3.63, 3.8) is 0 Å². The average molecular weight is 495 g/mol. The minimum absolute atomic E-state index is 0. The fourth-order valence-corrected chi connectivity index (χ4v) is 3.04. The number of anilines is 1. The van der Waals surface area contributed by atoms with Crippen LogP contribution in [0.15, 0.2) is 47.6 Å². The van der Waals surface area contributed by atoms with E-state index in [2.05, 4.69) is 32.0 Å². The van der Waals surface area contributed by atoms with Gasteiger partial charge in [-0.15, -0.1) is 24.0 Å². The van der Waals surface area contributed by atoms with Gasteiger partial charge in [-0.2, -0.15) is 0 Å². The Labute approximate surface area is 182 Å². The van der Waals surface area contributed by atoms with Crippen LogP contribution in [0.1, 0.15) is 30.4 Å². The summed E-state index contributed by atoms with van der Waals surface area (Å²) in [6.45, 7) is 3.93. The molecular weight excluding hydrogens is 469 g/mol. The summed E-state index contributed by atoms with van der Waals surface area (Å²) < 4.78 is 5.07. The number of nitrogens with one attached hydrogen (secondary N) is 3. The van der Waals surface area contributed by atoms with Crippen LogP contribution in [0, 0.1) is 0 Å². The number of guanidine groups is 1. The van der Waals surface area contributed by atoms with E-state index >= 15 is 0 Å². The van der Waals surface area contributed by atoms with Crippen molar-refractivity contribution in [1.29, 1.82) is 0 Å². The number of benzene rings is 1. The van der Waals surface area contributed by atoms with Crippen LogP contribution in [0.5, 0.6) is 5.88 Å². The first kappa shape index (κ1) is 21.9. The molecule has 1 atom stereocenters. The third-order valence-electron chi connectivity index (χ3n) is 4.39. The van der Waals surface area contributed by atoms with Gasteiger partial charge in [0.05, 0.1) is 13.7 Å². The Morgan fingerprint density at radius 3 is 2.82 bits per heavy atom. The topological polar surface area (TPSA) is 87.6 Å². The molecule has 2 aromatic rings. The number of para-hydroxylation sites is 1. The Morgan fingerprint density at radius 1 is 1.29 bits per heavy atom. The fourth-order valence-electron chi connectivity index (χ4n) is 3.04. The lowest BCUT2D eigenvalue weighted by atomic mass is 9.90. The van der Waals surface area contributed by atoms with E-state index < -0.39 is 0 Å². The van der Waals surface area contributed by atoms with Gasteiger partial charge < -0.3 is 20.7 Å². The van der Waals surface area contributed by atoms with Crippen molar-refractivity contribution in [3.05, 3.63) is 53.7 Å². The molecule has 1 aromatic carbocycles. The number of methoxy groups -OCH3 is 1. The Bertz CT molecular complexity index is 810.